The smallest absolute Gasteiger partial charge is 0.127 e. The Labute approximate surface area is 94.4 Å². The lowest BCUT2D eigenvalue weighted by Crippen LogP contribution is -2.30. The van der Waals surface area contributed by atoms with Gasteiger partial charge in [-0.1, -0.05) is 17.7 Å². The van der Waals surface area contributed by atoms with E-state index < -0.39 is 0 Å². The highest BCUT2D eigenvalue weighted by Gasteiger charge is 2.46. The zero-order valence-corrected chi connectivity index (χ0v) is 9.52. The second-order valence-corrected chi connectivity index (χ2v) is 4.94. The van der Waals surface area contributed by atoms with Crippen molar-refractivity contribution in [2.45, 2.75) is 32.2 Å². The van der Waals surface area contributed by atoms with Gasteiger partial charge in [0, 0.05) is 16.6 Å². The van der Waals surface area contributed by atoms with Gasteiger partial charge in [-0.15, -0.1) is 0 Å². The summed E-state index contributed by atoms with van der Waals surface area (Å²) in [5.74, 6) is -0.213. The molecule has 1 unspecified atom stereocenters. The lowest BCUT2D eigenvalue weighted by atomic mass is 9.90. The molecule has 0 saturated heterocycles. The highest BCUT2D eigenvalue weighted by Crippen LogP contribution is 2.51. The lowest BCUT2D eigenvalue weighted by molar-refractivity contribution is 0.411. The maximum Gasteiger partial charge on any atom is 0.127 e. The first kappa shape index (κ1) is 10.9. The lowest BCUT2D eigenvalue weighted by Gasteiger charge is -2.20. The van der Waals surface area contributed by atoms with Gasteiger partial charge in [-0.3, -0.25) is 0 Å². The molecular formula is C12H15ClFN. The first-order valence-electron chi connectivity index (χ1n) is 5.24. The number of hydrogen-bond donors (Lipinski definition) is 1. The molecule has 0 spiro atoms. The van der Waals surface area contributed by atoms with Gasteiger partial charge in [0.2, 0.25) is 0 Å². The third kappa shape index (κ3) is 2.01. The van der Waals surface area contributed by atoms with Crippen LogP contribution in [0.4, 0.5) is 4.39 Å². The second-order valence-electron chi connectivity index (χ2n) is 4.53. The zero-order chi connectivity index (χ0) is 11.1. The summed E-state index contributed by atoms with van der Waals surface area (Å²) >= 11 is 5.99. The highest BCUT2D eigenvalue weighted by molar-refractivity contribution is 6.31. The number of nitrogens with two attached hydrogens (primary N) is 1. The fourth-order valence-corrected chi connectivity index (χ4v) is 2.24. The van der Waals surface area contributed by atoms with Gasteiger partial charge in [-0.2, -0.15) is 0 Å². The third-order valence-electron chi connectivity index (χ3n) is 3.45. The molecule has 3 heteroatoms. The minimum atomic E-state index is -0.213. The summed E-state index contributed by atoms with van der Waals surface area (Å²) in [6.45, 7) is 1.99. The molecule has 1 aliphatic carbocycles. The molecule has 2 rings (SSSR count). The standard InChI is InChI=1S/C12H15ClFN/c1-8(15)12(5-6-12)7-9-10(13)3-2-4-11(9)14/h2-4,8H,5-7,15H2,1H3. The van der Waals surface area contributed by atoms with E-state index in [0.29, 0.717) is 17.0 Å². The molecule has 1 fully saturated rings. The van der Waals surface area contributed by atoms with Gasteiger partial charge >= 0.3 is 0 Å². The molecule has 2 N–H and O–H groups in total. The number of rotatable bonds is 3. The van der Waals surface area contributed by atoms with Crippen molar-refractivity contribution >= 4 is 11.6 Å². The second kappa shape index (κ2) is 3.76. The fraction of sp³-hybridized carbons (Fsp3) is 0.500. The summed E-state index contributed by atoms with van der Waals surface area (Å²) in [7, 11) is 0. The molecule has 15 heavy (non-hydrogen) atoms. The number of halogens is 2. The van der Waals surface area contributed by atoms with E-state index in [9.17, 15) is 4.39 Å². The van der Waals surface area contributed by atoms with E-state index in [2.05, 4.69) is 0 Å². The molecule has 1 aromatic carbocycles. The van der Waals surface area contributed by atoms with Crippen molar-refractivity contribution in [1.82, 2.24) is 0 Å². The summed E-state index contributed by atoms with van der Waals surface area (Å²) in [5, 5.41) is 0.516. The van der Waals surface area contributed by atoms with Crippen molar-refractivity contribution in [1.29, 1.82) is 0 Å². The number of hydrogen-bond acceptors (Lipinski definition) is 1. The molecular weight excluding hydrogens is 213 g/mol. The van der Waals surface area contributed by atoms with E-state index in [1.54, 1.807) is 12.1 Å². The van der Waals surface area contributed by atoms with Crippen molar-refractivity contribution in [3.8, 4) is 0 Å². The van der Waals surface area contributed by atoms with E-state index >= 15 is 0 Å². The Hall–Kier alpha value is -0.600. The topological polar surface area (TPSA) is 26.0 Å². The van der Waals surface area contributed by atoms with Crippen molar-refractivity contribution in [3.05, 3.63) is 34.6 Å². The zero-order valence-electron chi connectivity index (χ0n) is 8.76. The largest absolute Gasteiger partial charge is 0.327 e. The van der Waals surface area contributed by atoms with Crippen LogP contribution in [-0.4, -0.2) is 6.04 Å². The van der Waals surface area contributed by atoms with Crippen LogP contribution in [0, 0.1) is 11.2 Å². The molecule has 1 nitrogen and oxygen atoms in total. The molecule has 0 amide bonds. The van der Waals surface area contributed by atoms with Crippen LogP contribution in [0.2, 0.25) is 5.02 Å². The Balaban J connectivity index is 2.25. The predicted molar refractivity (Wildman–Crippen MR) is 60.4 cm³/mol. The van der Waals surface area contributed by atoms with Gasteiger partial charge in [-0.05, 0) is 43.7 Å². The molecule has 0 radical (unpaired) electrons. The van der Waals surface area contributed by atoms with Gasteiger partial charge in [0.25, 0.3) is 0 Å². The average molecular weight is 228 g/mol. The van der Waals surface area contributed by atoms with Crippen LogP contribution in [0.5, 0.6) is 0 Å². The molecule has 1 atom stereocenters. The van der Waals surface area contributed by atoms with E-state index in [-0.39, 0.29) is 17.3 Å². The predicted octanol–water partition coefficient (Wildman–Crippen LogP) is 3.15. The van der Waals surface area contributed by atoms with Crippen molar-refractivity contribution in [2.24, 2.45) is 11.1 Å². The molecule has 0 bridgehead atoms. The minimum absolute atomic E-state index is 0.0891. The first-order chi connectivity index (χ1) is 7.05. The monoisotopic (exact) mass is 227 g/mol. The Bertz CT molecular complexity index is 352. The summed E-state index contributed by atoms with van der Waals surface area (Å²) in [4.78, 5) is 0. The van der Waals surface area contributed by atoms with Crippen LogP contribution in [0.15, 0.2) is 18.2 Å². The van der Waals surface area contributed by atoms with Crippen LogP contribution in [0.3, 0.4) is 0 Å². The molecule has 1 aromatic rings. The van der Waals surface area contributed by atoms with Gasteiger partial charge in [0.1, 0.15) is 5.82 Å². The molecule has 1 aliphatic rings. The Morgan fingerprint density at radius 1 is 1.53 bits per heavy atom. The molecule has 0 aliphatic heterocycles. The van der Waals surface area contributed by atoms with Crippen molar-refractivity contribution < 1.29 is 4.39 Å². The summed E-state index contributed by atoms with van der Waals surface area (Å²) < 4.78 is 13.5. The van der Waals surface area contributed by atoms with Crippen molar-refractivity contribution in [3.63, 3.8) is 0 Å². The van der Waals surface area contributed by atoms with Crippen LogP contribution in [-0.2, 0) is 6.42 Å². The van der Waals surface area contributed by atoms with Crippen LogP contribution in [0.25, 0.3) is 0 Å². The summed E-state index contributed by atoms with van der Waals surface area (Å²) in [6, 6.07) is 4.93. The van der Waals surface area contributed by atoms with Gasteiger partial charge < -0.3 is 5.73 Å². The van der Waals surface area contributed by atoms with Crippen LogP contribution in [0.1, 0.15) is 25.3 Å². The Morgan fingerprint density at radius 2 is 2.20 bits per heavy atom. The van der Waals surface area contributed by atoms with Gasteiger partial charge in [-0.25, -0.2) is 4.39 Å². The quantitative estimate of drug-likeness (QED) is 0.844. The Morgan fingerprint density at radius 3 is 2.67 bits per heavy atom. The number of benzene rings is 1. The maximum atomic E-state index is 13.5. The van der Waals surface area contributed by atoms with Crippen molar-refractivity contribution in [2.75, 3.05) is 0 Å². The SMILES string of the molecule is CC(N)C1(Cc2c(F)cccc2Cl)CC1. The average Bonchev–Trinajstić information content (AvgIpc) is 2.93. The highest BCUT2D eigenvalue weighted by atomic mass is 35.5. The van der Waals surface area contributed by atoms with E-state index in [1.807, 2.05) is 6.92 Å². The minimum Gasteiger partial charge on any atom is -0.327 e. The van der Waals surface area contributed by atoms with Gasteiger partial charge in [0.15, 0.2) is 0 Å². The van der Waals surface area contributed by atoms with Crippen LogP contribution >= 0.6 is 11.6 Å². The van der Waals surface area contributed by atoms with Crippen LogP contribution < -0.4 is 5.73 Å². The molecule has 0 heterocycles. The van der Waals surface area contributed by atoms with E-state index in [4.69, 9.17) is 17.3 Å². The molecule has 0 aromatic heterocycles. The first-order valence-corrected chi connectivity index (χ1v) is 5.61. The van der Waals surface area contributed by atoms with E-state index in [0.717, 1.165) is 12.8 Å². The summed E-state index contributed by atoms with van der Waals surface area (Å²) in [5.41, 5.74) is 6.62. The fourth-order valence-electron chi connectivity index (χ4n) is 2.01. The molecule has 82 valence electrons. The third-order valence-corrected chi connectivity index (χ3v) is 3.80. The molecule has 1 saturated carbocycles. The summed E-state index contributed by atoms with van der Waals surface area (Å²) in [6.07, 6.45) is 2.82. The van der Waals surface area contributed by atoms with E-state index in [1.165, 1.54) is 6.07 Å². The maximum absolute atomic E-state index is 13.5. The Kier molecular flexibility index (Phi) is 2.73. The van der Waals surface area contributed by atoms with Gasteiger partial charge in [0.05, 0.1) is 0 Å². The normalized spacial score (nSPS) is 20.0.